The molecule has 6 nitrogen and oxygen atoms in total. The molecule has 1 N–H and O–H groups in total. The maximum Gasteiger partial charge on any atom is 0.292 e. The molecule has 0 bridgehead atoms. The second kappa shape index (κ2) is 6.45. The highest BCUT2D eigenvalue weighted by molar-refractivity contribution is 6.32. The van der Waals surface area contributed by atoms with Crippen LogP contribution in [0.25, 0.3) is 0 Å². The SMILES string of the molecule is COc1ccc(Cl)c2c1N(c1ccccc1[N+](=O)[O-])CC21CCNCC1. The summed E-state index contributed by atoms with van der Waals surface area (Å²) in [5.41, 5.74) is 2.45. The van der Waals surface area contributed by atoms with Gasteiger partial charge in [-0.25, -0.2) is 0 Å². The standard InChI is InChI=1S/C19H20ClN3O3/c1-26-16-7-6-13(20)17-18(16)22(12-19(17)8-10-21-11-9-19)14-4-2-3-5-15(14)23(24)25/h2-7,21H,8-12H2,1H3. The van der Waals surface area contributed by atoms with Crippen LogP contribution < -0.4 is 15.0 Å². The molecule has 0 amide bonds. The first-order chi connectivity index (χ1) is 12.6. The van der Waals surface area contributed by atoms with Crippen LogP contribution in [-0.2, 0) is 5.41 Å². The molecular formula is C19H20ClN3O3. The zero-order chi connectivity index (χ0) is 18.3. The van der Waals surface area contributed by atoms with Crippen molar-refractivity contribution in [1.82, 2.24) is 5.32 Å². The van der Waals surface area contributed by atoms with Crippen molar-refractivity contribution < 1.29 is 9.66 Å². The summed E-state index contributed by atoms with van der Waals surface area (Å²) in [5, 5.41) is 15.7. The summed E-state index contributed by atoms with van der Waals surface area (Å²) < 4.78 is 5.61. The van der Waals surface area contributed by atoms with Crippen LogP contribution in [0.4, 0.5) is 17.1 Å². The molecule has 0 aromatic heterocycles. The van der Waals surface area contributed by atoms with Gasteiger partial charge < -0.3 is 15.0 Å². The summed E-state index contributed by atoms with van der Waals surface area (Å²) in [6, 6.07) is 10.6. The predicted molar refractivity (Wildman–Crippen MR) is 102 cm³/mol. The number of halogens is 1. The highest BCUT2D eigenvalue weighted by Crippen LogP contribution is 2.56. The van der Waals surface area contributed by atoms with E-state index in [9.17, 15) is 10.1 Å². The molecule has 2 aliphatic heterocycles. The summed E-state index contributed by atoms with van der Waals surface area (Å²) in [4.78, 5) is 13.3. The second-order valence-electron chi connectivity index (χ2n) is 6.84. The molecular weight excluding hydrogens is 354 g/mol. The number of nitrogens with zero attached hydrogens (tertiary/aromatic N) is 2. The molecule has 0 saturated carbocycles. The lowest BCUT2D eigenvalue weighted by Gasteiger charge is -2.35. The number of benzene rings is 2. The third-order valence-electron chi connectivity index (χ3n) is 5.50. The van der Waals surface area contributed by atoms with E-state index in [4.69, 9.17) is 16.3 Å². The smallest absolute Gasteiger partial charge is 0.292 e. The molecule has 26 heavy (non-hydrogen) atoms. The topological polar surface area (TPSA) is 67.6 Å². The molecule has 0 radical (unpaired) electrons. The summed E-state index contributed by atoms with van der Waals surface area (Å²) in [6.07, 6.45) is 1.87. The molecule has 2 aromatic carbocycles. The molecule has 136 valence electrons. The average Bonchev–Trinajstić information content (AvgIpc) is 2.98. The third kappa shape index (κ3) is 2.52. The Balaban J connectivity index is 1.95. The number of hydrogen-bond acceptors (Lipinski definition) is 5. The fourth-order valence-corrected chi connectivity index (χ4v) is 4.66. The quantitative estimate of drug-likeness (QED) is 0.649. The van der Waals surface area contributed by atoms with E-state index in [0.29, 0.717) is 23.0 Å². The van der Waals surface area contributed by atoms with Gasteiger partial charge in [0.2, 0.25) is 0 Å². The van der Waals surface area contributed by atoms with Crippen molar-refractivity contribution in [1.29, 1.82) is 0 Å². The van der Waals surface area contributed by atoms with Crippen molar-refractivity contribution in [2.75, 3.05) is 31.6 Å². The van der Waals surface area contributed by atoms with Crippen LogP contribution in [-0.4, -0.2) is 31.7 Å². The van der Waals surface area contributed by atoms with E-state index >= 15 is 0 Å². The molecule has 2 aromatic rings. The van der Waals surface area contributed by atoms with E-state index in [2.05, 4.69) is 5.32 Å². The Morgan fingerprint density at radius 2 is 1.96 bits per heavy atom. The number of nitrogens with one attached hydrogen (secondary N) is 1. The largest absolute Gasteiger partial charge is 0.495 e. The van der Waals surface area contributed by atoms with E-state index in [1.165, 1.54) is 0 Å². The lowest BCUT2D eigenvalue weighted by molar-refractivity contribution is -0.384. The van der Waals surface area contributed by atoms with Gasteiger partial charge >= 0.3 is 0 Å². The van der Waals surface area contributed by atoms with Gasteiger partial charge in [0.15, 0.2) is 0 Å². The van der Waals surface area contributed by atoms with Gasteiger partial charge in [-0.3, -0.25) is 10.1 Å². The highest BCUT2D eigenvalue weighted by atomic mass is 35.5. The first-order valence-corrected chi connectivity index (χ1v) is 9.04. The number of nitro benzene ring substituents is 1. The van der Waals surface area contributed by atoms with Crippen molar-refractivity contribution in [3.05, 3.63) is 57.1 Å². The van der Waals surface area contributed by atoms with Crippen molar-refractivity contribution in [3.8, 4) is 5.75 Å². The van der Waals surface area contributed by atoms with Gasteiger partial charge in [0.25, 0.3) is 5.69 Å². The van der Waals surface area contributed by atoms with Gasteiger partial charge in [0.1, 0.15) is 11.4 Å². The lowest BCUT2D eigenvalue weighted by Crippen LogP contribution is -2.42. The number of ether oxygens (including phenoxy) is 1. The zero-order valence-corrected chi connectivity index (χ0v) is 15.3. The normalized spacial score (nSPS) is 18.0. The van der Waals surface area contributed by atoms with E-state index in [1.54, 1.807) is 25.3 Å². The van der Waals surface area contributed by atoms with Crippen molar-refractivity contribution in [2.24, 2.45) is 0 Å². The van der Waals surface area contributed by atoms with Gasteiger partial charge in [-0.15, -0.1) is 0 Å². The van der Waals surface area contributed by atoms with Gasteiger partial charge in [-0.05, 0) is 44.1 Å². The minimum Gasteiger partial charge on any atom is -0.495 e. The fourth-order valence-electron chi connectivity index (χ4n) is 4.31. The number of anilines is 2. The number of methoxy groups -OCH3 is 1. The van der Waals surface area contributed by atoms with Gasteiger partial charge in [-0.2, -0.15) is 0 Å². The highest BCUT2D eigenvalue weighted by Gasteiger charge is 2.47. The average molecular weight is 374 g/mol. The van der Waals surface area contributed by atoms with E-state index in [1.807, 2.05) is 23.1 Å². The maximum absolute atomic E-state index is 11.6. The molecule has 4 rings (SSSR count). The minimum absolute atomic E-state index is 0.0893. The number of piperidine rings is 1. The Morgan fingerprint density at radius 3 is 2.65 bits per heavy atom. The van der Waals surface area contributed by atoms with Crippen LogP contribution >= 0.6 is 11.6 Å². The molecule has 1 spiro atoms. The number of hydrogen-bond donors (Lipinski definition) is 1. The number of rotatable bonds is 3. The van der Waals surface area contributed by atoms with Crippen LogP contribution in [0.15, 0.2) is 36.4 Å². The third-order valence-corrected chi connectivity index (χ3v) is 5.82. The maximum atomic E-state index is 11.6. The Hall–Kier alpha value is -2.31. The minimum atomic E-state index is -0.334. The van der Waals surface area contributed by atoms with Crippen LogP contribution in [0.3, 0.4) is 0 Å². The molecule has 0 aliphatic carbocycles. The molecule has 2 heterocycles. The van der Waals surface area contributed by atoms with Crippen LogP contribution in [0.5, 0.6) is 5.75 Å². The van der Waals surface area contributed by atoms with Crippen LogP contribution in [0.2, 0.25) is 5.02 Å². The molecule has 1 saturated heterocycles. The molecule has 7 heteroatoms. The summed E-state index contributed by atoms with van der Waals surface area (Å²) in [5.74, 6) is 0.693. The Labute approximate surface area is 156 Å². The Kier molecular flexibility index (Phi) is 4.25. The summed E-state index contributed by atoms with van der Waals surface area (Å²) in [7, 11) is 1.62. The van der Waals surface area contributed by atoms with Crippen molar-refractivity contribution in [2.45, 2.75) is 18.3 Å². The van der Waals surface area contributed by atoms with Crippen LogP contribution in [0.1, 0.15) is 18.4 Å². The first-order valence-electron chi connectivity index (χ1n) is 8.66. The van der Waals surface area contributed by atoms with Gasteiger partial charge in [0.05, 0.1) is 17.7 Å². The van der Waals surface area contributed by atoms with Gasteiger partial charge in [0, 0.05) is 28.6 Å². The van der Waals surface area contributed by atoms with Crippen molar-refractivity contribution >= 4 is 28.7 Å². The Morgan fingerprint density at radius 1 is 1.23 bits per heavy atom. The molecule has 2 aliphatic rings. The predicted octanol–water partition coefficient (Wildman–Crippen LogP) is 4.03. The monoisotopic (exact) mass is 373 g/mol. The van der Waals surface area contributed by atoms with E-state index in [-0.39, 0.29) is 16.0 Å². The van der Waals surface area contributed by atoms with E-state index < -0.39 is 0 Å². The second-order valence-corrected chi connectivity index (χ2v) is 7.24. The number of nitro groups is 1. The summed E-state index contributed by atoms with van der Waals surface area (Å²) in [6.45, 7) is 2.46. The molecule has 1 fully saturated rings. The van der Waals surface area contributed by atoms with E-state index in [0.717, 1.165) is 37.2 Å². The van der Waals surface area contributed by atoms with Gasteiger partial charge in [-0.1, -0.05) is 23.7 Å². The zero-order valence-electron chi connectivity index (χ0n) is 14.5. The Bertz CT molecular complexity index is 865. The molecule has 0 atom stereocenters. The van der Waals surface area contributed by atoms with Crippen molar-refractivity contribution in [3.63, 3.8) is 0 Å². The molecule has 0 unspecified atom stereocenters. The summed E-state index contributed by atoms with van der Waals surface area (Å²) >= 11 is 6.64. The lowest BCUT2D eigenvalue weighted by atomic mass is 9.74. The van der Waals surface area contributed by atoms with Crippen LogP contribution in [0, 0.1) is 10.1 Å². The first kappa shape index (κ1) is 17.1. The fraction of sp³-hybridized carbons (Fsp3) is 0.368. The number of para-hydroxylation sites is 2. The number of fused-ring (bicyclic) bond motifs is 2.